The standard InChI is InChI=1S/C21H26N4O3/c22-14-6-21(7-14)8-15(9-21)23-10-12-2-1-3-13-11-25(20(28)18(12)13)16-4-5-17(26)24-19(16)27/h1-3,14-16,23H,4-11,22H2,(H,24,26,27). The topological polar surface area (TPSA) is 105 Å². The van der Waals surface area contributed by atoms with Gasteiger partial charge in [-0.05, 0) is 48.6 Å². The lowest BCUT2D eigenvalue weighted by Gasteiger charge is -2.57. The maximum absolute atomic E-state index is 13.1. The summed E-state index contributed by atoms with van der Waals surface area (Å²) in [6.07, 6.45) is 5.30. The summed E-state index contributed by atoms with van der Waals surface area (Å²) in [5.74, 6) is -0.728. The second-order valence-corrected chi connectivity index (χ2v) is 9.01. The van der Waals surface area contributed by atoms with Crippen LogP contribution in [-0.2, 0) is 22.7 Å². The summed E-state index contributed by atoms with van der Waals surface area (Å²) in [6, 6.07) is 6.24. The normalized spacial score (nSPS) is 34.1. The number of rotatable bonds is 4. The monoisotopic (exact) mass is 382 g/mol. The van der Waals surface area contributed by atoms with Gasteiger partial charge >= 0.3 is 0 Å². The van der Waals surface area contributed by atoms with E-state index in [4.69, 9.17) is 5.73 Å². The molecular weight excluding hydrogens is 356 g/mol. The number of carbonyl (C=O) groups is 3. The van der Waals surface area contributed by atoms with Crippen molar-refractivity contribution in [2.24, 2.45) is 11.1 Å². The van der Waals surface area contributed by atoms with Gasteiger partial charge in [-0.1, -0.05) is 18.2 Å². The van der Waals surface area contributed by atoms with E-state index in [1.54, 1.807) is 4.90 Å². The minimum absolute atomic E-state index is 0.100. The van der Waals surface area contributed by atoms with Crippen LogP contribution in [0.5, 0.6) is 0 Å². The van der Waals surface area contributed by atoms with E-state index in [1.807, 2.05) is 18.2 Å². The lowest BCUT2D eigenvalue weighted by Crippen LogP contribution is -2.58. The van der Waals surface area contributed by atoms with Gasteiger partial charge < -0.3 is 16.0 Å². The Kier molecular flexibility index (Phi) is 4.07. The van der Waals surface area contributed by atoms with Gasteiger partial charge in [0.25, 0.3) is 5.91 Å². The van der Waals surface area contributed by atoms with E-state index in [2.05, 4.69) is 10.6 Å². The van der Waals surface area contributed by atoms with Crippen molar-refractivity contribution in [2.75, 3.05) is 0 Å². The molecule has 1 spiro atoms. The second kappa shape index (κ2) is 6.39. The molecule has 4 N–H and O–H groups in total. The summed E-state index contributed by atoms with van der Waals surface area (Å²) in [7, 11) is 0. The van der Waals surface area contributed by atoms with Crippen LogP contribution < -0.4 is 16.4 Å². The van der Waals surface area contributed by atoms with Crippen LogP contribution in [0.25, 0.3) is 0 Å². The third-order valence-electron chi connectivity index (χ3n) is 6.97. The number of nitrogens with two attached hydrogens (primary N) is 1. The van der Waals surface area contributed by atoms with E-state index in [0.29, 0.717) is 37.0 Å². The molecule has 5 rings (SSSR count). The highest BCUT2D eigenvalue weighted by molar-refractivity contribution is 6.05. The number of carbonyl (C=O) groups excluding carboxylic acids is 3. The second-order valence-electron chi connectivity index (χ2n) is 9.01. The average molecular weight is 382 g/mol. The fourth-order valence-electron chi connectivity index (χ4n) is 5.61. The van der Waals surface area contributed by atoms with E-state index in [9.17, 15) is 14.4 Å². The van der Waals surface area contributed by atoms with Crippen molar-refractivity contribution >= 4 is 17.7 Å². The van der Waals surface area contributed by atoms with Crippen molar-refractivity contribution in [2.45, 2.75) is 69.7 Å². The summed E-state index contributed by atoms with van der Waals surface area (Å²) in [6.45, 7) is 1.09. The fourth-order valence-corrected chi connectivity index (χ4v) is 5.61. The smallest absolute Gasteiger partial charge is 0.255 e. The van der Waals surface area contributed by atoms with Crippen LogP contribution >= 0.6 is 0 Å². The Balaban J connectivity index is 1.25. The molecule has 1 saturated heterocycles. The molecule has 7 nitrogen and oxygen atoms in total. The van der Waals surface area contributed by atoms with Crippen LogP contribution in [0.4, 0.5) is 0 Å². The molecule has 2 aliphatic heterocycles. The minimum atomic E-state index is -0.562. The number of amides is 3. The molecule has 2 heterocycles. The summed E-state index contributed by atoms with van der Waals surface area (Å²) < 4.78 is 0. The van der Waals surface area contributed by atoms with Gasteiger partial charge in [0.05, 0.1) is 0 Å². The number of hydrogen-bond acceptors (Lipinski definition) is 5. The maximum atomic E-state index is 13.1. The first-order chi connectivity index (χ1) is 13.4. The molecule has 1 atom stereocenters. The first-order valence-corrected chi connectivity index (χ1v) is 10.2. The molecule has 3 amide bonds. The molecule has 3 fully saturated rings. The third kappa shape index (κ3) is 2.84. The van der Waals surface area contributed by atoms with Crippen molar-refractivity contribution in [1.29, 1.82) is 0 Å². The van der Waals surface area contributed by atoms with E-state index in [0.717, 1.165) is 29.5 Å². The predicted octanol–water partition coefficient (Wildman–Crippen LogP) is 0.807. The molecule has 28 heavy (non-hydrogen) atoms. The van der Waals surface area contributed by atoms with Gasteiger partial charge in [0, 0.05) is 37.2 Å². The minimum Gasteiger partial charge on any atom is -0.328 e. The summed E-state index contributed by atoms with van der Waals surface area (Å²) in [5.41, 5.74) is 9.09. The highest BCUT2D eigenvalue weighted by Crippen LogP contribution is 2.55. The number of nitrogens with zero attached hydrogens (tertiary/aromatic N) is 1. The molecule has 7 heteroatoms. The number of fused-ring (bicyclic) bond motifs is 1. The quantitative estimate of drug-likeness (QED) is 0.669. The Morgan fingerprint density at radius 3 is 2.68 bits per heavy atom. The average Bonchev–Trinajstić information content (AvgIpc) is 2.93. The lowest BCUT2D eigenvalue weighted by molar-refractivity contribution is -0.136. The van der Waals surface area contributed by atoms with Crippen molar-refractivity contribution in [3.63, 3.8) is 0 Å². The Morgan fingerprint density at radius 2 is 1.96 bits per heavy atom. The Morgan fingerprint density at radius 1 is 1.18 bits per heavy atom. The number of benzene rings is 1. The van der Waals surface area contributed by atoms with E-state index < -0.39 is 6.04 Å². The van der Waals surface area contributed by atoms with Gasteiger partial charge in [0.1, 0.15) is 6.04 Å². The molecule has 0 bridgehead atoms. The zero-order valence-electron chi connectivity index (χ0n) is 15.9. The van der Waals surface area contributed by atoms with Gasteiger partial charge in [0.15, 0.2) is 0 Å². The van der Waals surface area contributed by atoms with E-state index in [-0.39, 0.29) is 24.1 Å². The Bertz CT molecular complexity index is 853. The first-order valence-electron chi connectivity index (χ1n) is 10.2. The molecule has 0 aromatic heterocycles. The van der Waals surface area contributed by atoms with E-state index in [1.165, 1.54) is 12.8 Å². The van der Waals surface area contributed by atoms with Crippen LogP contribution in [0.15, 0.2) is 18.2 Å². The number of hydrogen-bond donors (Lipinski definition) is 3. The van der Waals surface area contributed by atoms with Crippen molar-refractivity contribution in [1.82, 2.24) is 15.5 Å². The van der Waals surface area contributed by atoms with E-state index >= 15 is 0 Å². The largest absolute Gasteiger partial charge is 0.328 e. The molecule has 2 aliphatic carbocycles. The SMILES string of the molecule is NC1CC2(C1)CC(NCc1cccc3c1C(=O)N(C1CCC(=O)NC1=O)C3)C2. The third-order valence-corrected chi connectivity index (χ3v) is 6.97. The van der Waals surface area contributed by atoms with Gasteiger partial charge in [-0.3, -0.25) is 19.7 Å². The zero-order chi connectivity index (χ0) is 19.5. The van der Waals surface area contributed by atoms with Crippen LogP contribution in [0.3, 0.4) is 0 Å². The molecule has 1 aromatic carbocycles. The molecule has 2 saturated carbocycles. The fraction of sp³-hybridized carbons (Fsp3) is 0.571. The van der Waals surface area contributed by atoms with Crippen molar-refractivity contribution < 1.29 is 14.4 Å². The van der Waals surface area contributed by atoms with Crippen LogP contribution in [0.1, 0.15) is 60.0 Å². The van der Waals surface area contributed by atoms with Crippen LogP contribution in [0.2, 0.25) is 0 Å². The molecular formula is C21H26N4O3. The summed E-state index contributed by atoms with van der Waals surface area (Å²) in [5, 5.41) is 5.95. The first kappa shape index (κ1) is 17.8. The summed E-state index contributed by atoms with van der Waals surface area (Å²) in [4.78, 5) is 38.3. The highest BCUT2D eigenvalue weighted by Gasteiger charge is 2.51. The van der Waals surface area contributed by atoms with Crippen LogP contribution in [0, 0.1) is 5.41 Å². The van der Waals surface area contributed by atoms with Crippen molar-refractivity contribution in [3.05, 3.63) is 34.9 Å². The van der Waals surface area contributed by atoms with Gasteiger partial charge in [0.2, 0.25) is 11.8 Å². The molecule has 1 aromatic rings. The van der Waals surface area contributed by atoms with Gasteiger partial charge in [-0.25, -0.2) is 0 Å². The maximum Gasteiger partial charge on any atom is 0.255 e. The number of nitrogens with one attached hydrogen (secondary N) is 2. The summed E-state index contributed by atoms with van der Waals surface area (Å²) >= 11 is 0. The predicted molar refractivity (Wildman–Crippen MR) is 102 cm³/mol. The van der Waals surface area contributed by atoms with Gasteiger partial charge in [-0.2, -0.15) is 0 Å². The Hall–Kier alpha value is -2.25. The highest BCUT2D eigenvalue weighted by atomic mass is 16.2. The molecule has 4 aliphatic rings. The Labute approximate surface area is 164 Å². The van der Waals surface area contributed by atoms with Crippen molar-refractivity contribution in [3.8, 4) is 0 Å². The lowest BCUT2D eigenvalue weighted by atomic mass is 9.52. The zero-order valence-corrected chi connectivity index (χ0v) is 15.9. The molecule has 148 valence electrons. The number of piperidine rings is 1. The molecule has 0 radical (unpaired) electrons. The number of imide groups is 1. The van der Waals surface area contributed by atoms with Gasteiger partial charge in [-0.15, -0.1) is 0 Å². The van der Waals surface area contributed by atoms with Crippen LogP contribution in [-0.4, -0.2) is 40.7 Å². The molecule has 1 unspecified atom stereocenters.